The van der Waals surface area contributed by atoms with Crippen LogP contribution in [-0.4, -0.2) is 20.5 Å². The lowest BCUT2D eigenvalue weighted by molar-refractivity contribution is 0.112. The quantitative estimate of drug-likeness (QED) is 0.799. The number of hydrogen-bond donors (Lipinski definition) is 0. The minimum absolute atomic E-state index is 0.453. The van der Waals surface area contributed by atoms with E-state index in [9.17, 15) is 4.79 Å². The van der Waals surface area contributed by atoms with Gasteiger partial charge >= 0.3 is 0 Å². The Kier molecular flexibility index (Phi) is 4.02. The van der Waals surface area contributed by atoms with Crippen LogP contribution in [0, 0.1) is 11.3 Å². The molecular formula is C16H13NO3. The van der Waals surface area contributed by atoms with E-state index in [1.807, 2.05) is 6.07 Å². The number of benzene rings is 2. The predicted molar refractivity (Wildman–Crippen MR) is 75.1 cm³/mol. The largest absolute Gasteiger partial charge is 0.496 e. The average Bonchev–Trinajstić information content (AvgIpc) is 2.53. The second kappa shape index (κ2) is 5.89. The molecule has 0 heterocycles. The van der Waals surface area contributed by atoms with Crippen LogP contribution in [0.1, 0.15) is 15.9 Å². The van der Waals surface area contributed by atoms with Crippen molar-refractivity contribution in [1.82, 2.24) is 0 Å². The Labute approximate surface area is 117 Å². The fraction of sp³-hybridized carbons (Fsp3) is 0.125. The number of methoxy groups -OCH3 is 2. The second-order valence-electron chi connectivity index (χ2n) is 4.10. The summed E-state index contributed by atoms with van der Waals surface area (Å²) in [6.45, 7) is 0. The molecule has 0 saturated carbocycles. The molecule has 0 bridgehead atoms. The highest BCUT2D eigenvalue weighted by molar-refractivity contribution is 5.84. The minimum atomic E-state index is 0.453. The molecule has 4 nitrogen and oxygen atoms in total. The van der Waals surface area contributed by atoms with Crippen LogP contribution in [0.3, 0.4) is 0 Å². The van der Waals surface area contributed by atoms with E-state index >= 15 is 0 Å². The first kappa shape index (κ1) is 13.6. The Morgan fingerprint density at radius 1 is 1.05 bits per heavy atom. The minimum Gasteiger partial charge on any atom is -0.496 e. The molecule has 0 radical (unpaired) electrons. The summed E-state index contributed by atoms with van der Waals surface area (Å²) in [6.07, 6.45) is 0.739. The molecule has 4 heteroatoms. The molecule has 0 spiro atoms. The molecule has 2 aromatic carbocycles. The molecule has 0 atom stereocenters. The van der Waals surface area contributed by atoms with Gasteiger partial charge in [0.25, 0.3) is 0 Å². The van der Waals surface area contributed by atoms with Crippen molar-refractivity contribution >= 4 is 6.29 Å². The Bertz CT molecular complexity index is 687. The SMILES string of the molecule is COc1ccc(-c2cc(C#N)ccc2OC)cc1C=O. The van der Waals surface area contributed by atoms with Crippen LogP contribution >= 0.6 is 0 Å². The average molecular weight is 267 g/mol. The van der Waals surface area contributed by atoms with Gasteiger partial charge in [-0.2, -0.15) is 5.26 Å². The van der Waals surface area contributed by atoms with Crippen LogP contribution in [0.25, 0.3) is 11.1 Å². The van der Waals surface area contributed by atoms with Crippen molar-refractivity contribution in [3.8, 4) is 28.7 Å². The molecule has 0 fully saturated rings. The number of aldehydes is 1. The van der Waals surface area contributed by atoms with Crippen molar-refractivity contribution in [2.75, 3.05) is 14.2 Å². The van der Waals surface area contributed by atoms with E-state index in [-0.39, 0.29) is 0 Å². The molecule has 0 amide bonds. The number of nitriles is 1. The zero-order valence-electron chi connectivity index (χ0n) is 11.2. The van der Waals surface area contributed by atoms with Crippen LogP contribution in [0.2, 0.25) is 0 Å². The van der Waals surface area contributed by atoms with Gasteiger partial charge in [0.15, 0.2) is 6.29 Å². The van der Waals surface area contributed by atoms with E-state index in [0.717, 1.165) is 17.4 Å². The topological polar surface area (TPSA) is 59.3 Å². The van der Waals surface area contributed by atoms with Gasteiger partial charge in [-0.25, -0.2) is 0 Å². The van der Waals surface area contributed by atoms with Crippen LogP contribution in [0.15, 0.2) is 36.4 Å². The molecule has 0 N–H and O–H groups in total. The van der Waals surface area contributed by atoms with Gasteiger partial charge < -0.3 is 9.47 Å². The zero-order chi connectivity index (χ0) is 14.5. The zero-order valence-corrected chi connectivity index (χ0v) is 11.2. The normalized spacial score (nSPS) is 9.65. The highest BCUT2D eigenvalue weighted by atomic mass is 16.5. The monoisotopic (exact) mass is 267 g/mol. The molecule has 0 aliphatic rings. The third-order valence-corrected chi connectivity index (χ3v) is 3.00. The van der Waals surface area contributed by atoms with Crippen molar-refractivity contribution in [2.24, 2.45) is 0 Å². The van der Waals surface area contributed by atoms with Crippen LogP contribution in [-0.2, 0) is 0 Å². The summed E-state index contributed by atoms with van der Waals surface area (Å²) >= 11 is 0. The maximum absolute atomic E-state index is 11.1. The third kappa shape index (κ3) is 2.47. The van der Waals surface area contributed by atoms with E-state index in [0.29, 0.717) is 22.6 Å². The first-order chi connectivity index (χ1) is 9.73. The van der Waals surface area contributed by atoms with Crippen molar-refractivity contribution < 1.29 is 14.3 Å². The van der Waals surface area contributed by atoms with Crippen molar-refractivity contribution in [2.45, 2.75) is 0 Å². The number of ether oxygens (including phenoxy) is 2. The van der Waals surface area contributed by atoms with Crippen LogP contribution < -0.4 is 9.47 Å². The van der Waals surface area contributed by atoms with Crippen molar-refractivity contribution in [3.05, 3.63) is 47.5 Å². The molecule has 0 aliphatic heterocycles. The highest BCUT2D eigenvalue weighted by Gasteiger charge is 2.10. The summed E-state index contributed by atoms with van der Waals surface area (Å²) in [5, 5.41) is 8.99. The summed E-state index contributed by atoms with van der Waals surface area (Å²) in [6, 6.07) is 12.5. The van der Waals surface area contributed by atoms with Gasteiger partial charge in [-0.1, -0.05) is 6.07 Å². The van der Waals surface area contributed by atoms with E-state index in [2.05, 4.69) is 6.07 Å². The van der Waals surface area contributed by atoms with Gasteiger partial charge in [-0.3, -0.25) is 4.79 Å². The number of rotatable bonds is 4. The van der Waals surface area contributed by atoms with E-state index in [1.54, 1.807) is 37.4 Å². The lowest BCUT2D eigenvalue weighted by Gasteiger charge is -2.11. The molecule has 0 aliphatic carbocycles. The molecule has 100 valence electrons. The van der Waals surface area contributed by atoms with Crippen LogP contribution in [0.5, 0.6) is 11.5 Å². The number of carbonyl (C=O) groups excluding carboxylic acids is 1. The molecule has 0 aromatic heterocycles. The number of carbonyl (C=O) groups is 1. The summed E-state index contributed by atoms with van der Waals surface area (Å²) in [7, 11) is 3.08. The van der Waals surface area contributed by atoms with Gasteiger partial charge in [0.1, 0.15) is 11.5 Å². The fourth-order valence-corrected chi connectivity index (χ4v) is 2.00. The molecule has 2 rings (SSSR count). The van der Waals surface area contributed by atoms with Gasteiger partial charge in [-0.15, -0.1) is 0 Å². The highest BCUT2D eigenvalue weighted by Crippen LogP contribution is 2.33. The standard InChI is InChI=1S/C16H13NO3/c1-19-15-6-4-12(8-13(15)10-18)14-7-11(9-17)3-5-16(14)20-2/h3-8,10H,1-2H3. The Hall–Kier alpha value is -2.80. The van der Waals surface area contributed by atoms with E-state index in [1.165, 1.54) is 7.11 Å². The second-order valence-corrected chi connectivity index (χ2v) is 4.10. The Morgan fingerprint density at radius 3 is 2.35 bits per heavy atom. The van der Waals surface area contributed by atoms with Gasteiger partial charge in [-0.05, 0) is 35.9 Å². The summed E-state index contributed by atoms with van der Waals surface area (Å²) in [4.78, 5) is 11.1. The van der Waals surface area contributed by atoms with E-state index < -0.39 is 0 Å². The predicted octanol–water partition coefficient (Wildman–Crippen LogP) is 3.05. The van der Waals surface area contributed by atoms with Gasteiger partial charge in [0.2, 0.25) is 0 Å². The summed E-state index contributed by atoms with van der Waals surface area (Å²) in [5.41, 5.74) is 2.54. The van der Waals surface area contributed by atoms with Crippen molar-refractivity contribution in [1.29, 1.82) is 5.26 Å². The van der Waals surface area contributed by atoms with Gasteiger partial charge in [0.05, 0.1) is 31.4 Å². The Morgan fingerprint density at radius 2 is 1.75 bits per heavy atom. The van der Waals surface area contributed by atoms with E-state index in [4.69, 9.17) is 14.7 Å². The summed E-state index contributed by atoms with van der Waals surface area (Å²) < 4.78 is 10.4. The van der Waals surface area contributed by atoms with Crippen molar-refractivity contribution in [3.63, 3.8) is 0 Å². The maximum atomic E-state index is 11.1. The smallest absolute Gasteiger partial charge is 0.153 e. The fourth-order valence-electron chi connectivity index (χ4n) is 2.00. The molecule has 0 saturated heterocycles. The first-order valence-electron chi connectivity index (χ1n) is 5.95. The third-order valence-electron chi connectivity index (χ3n) is 3.00. The molecular weight excluding hydrogens is 254 g/mol. The number of nitrogens with zero attached hydrogens (tertiary/aromatic N) is 1. The first-order valence-corrected chi connectivity index (χ1v) is 5.95. The van der Waals surface area contributed by atoms with Gasteiger partial charge in [0, 0.05) is 5.56 Å². The molecule has 0 unspecified atom stereocenters. The molecule has 20 heavy (non-hydrogen) atoms. The number of hydrogen-bond acceptors (Lipinski definition) is 4. The lowest BCUT2D eigenvalue weighted by Crippen LogP contribution is -1.93. The molecule has 2 aromatic rings. The Balaban J connectivity index is 2.61. The van der Waals surface area contributed by atoms with Crippen LogP contribution in [0.4, 0.5) is 0 Å². The summed E-state index contributed by atoms with van der Waals surface area (Å²) in [5.74, 6) is 1.16. The maximum Gasteiger partial charge on any atom is 0.153 e. The lowest BCUT2D eigenvalue weighted by atomic mass is 10.00.